The Bertz CT molecular complexity index is 935. The Kier molecular flexibility index (Phi) is 9.52. The zero-order valence-corrected chi connectivity index (χ0v) is 21.0. The largest absolute Gasteiger partial charge is 0.457 e. The highest BCUT2D eigenvalue weighted by Crippen LogP contribution is 2.36. The van der Waals surface area contributed by atoms with Crippen LogP contribution in [0.3, 0.4) is 0 Å². The number of rotatable bonds is 12. The molecule has 2 aromatic carbocycles. The van der Waals surface area contributed by atoms with Crippen LogP contribution in [0.4, 0.5) is 5.69 Å². The van der Waals surface area contributed by atoms with Crippen LogP contribution in [-0.2, 0) is 10.3 Å². The summed E-state index contributed by atoms with van der Waals surface area (Å²) in [4.78, 5) is 6.67. The van der Waals surface area contributed by atoms with Gasteiger partial charge in [0.05, 0.1) is 17.6 Å². The molecule has 4 nitrogen and oxygen atoms in total. The lowest BCUT2D eigenvalue weighted by Gasteiger charge is -2.31. The van der Waals surface area contributed by atoms with Gasteiger partial charge in [0.25, 0.3) is 0 Å². The topological polar surface area (TPSA) is 34.1 Å². The first-order chi connectivity index (χ1) is 15.2. The first-order valence-corrected chi connectivity index (χ1v) is 11.6. The molecule has 0 bridgehead atoms. The molecule has 1 atom stereocenters. The molecular formula is C28H40N2O2. The van der Waals surface area contributed by atoms with Crippen molar-refractivity contribution in [1.82, 2.24) is 4.90 Å². The van der Waals surface area contributed by atoms with Crippen molar-refractivity contribution >= 4 is 12.0 Å². The molecule has 2 aromatic rings. The molecule has 0 radical (unpaired) electrons. The van der Waals surface area contributed by atoms with Crippen LogP contribution in [0.5, 0.6) is 11.5 Å². The summed E-state index contributed by atoms with van der Waals surface area (Å²) in [6.45, 7) is 18.4. The minimum absolute atomic E-state index is 0.421. The number of nitrogens with zero attached hydrogens (tertiary/aromatic N) is 2. The van der Waals surface area contributed by atoms with Crippen molar-refractivity contribution in [2.45, 2.75) is 66.4 Å². The van der Waals surface area contributed by atoms with E-state index in [1.807, 2.05) is 25.5 Å². The highest BCUT2D eigenvalue weighted by molar-refractivity contribution is 5.64. The Morgan fingerprint density at radius 2 is 1.91 bits per heavy atom. The van der Waals surface area contributed by atoms with Crippen LogP contribution in [0, 0.1) is 13.8 Å². The lowest BCUT2D eigenvalue weighted by molar-refractivity contribution is -0.0373. The molecule has 0 saturated carbocycles. The van der Waals surface area contributed by atoms with Gasteiger partial charge in [0, 0.05) is 26.6 Å². The van der Waals surface area contributed by atoms with Gasteiger partial charge in [-0.2, -0.15) is 0 Å². The fourth-order valence-electron chi connectivity index (χ4n) is 3.54. The van der Waals surface area contributed by atoms with Crippen molar-refractivity contribution in [2.24, 2.45) is 4.99 Å². The highest BCUT2D eigenvalue weighted by atomic mass is 16.5. The molecule has 0 spiro atoms. The molecule has 0 amide bonds. The molecular weight excluding hydrogens is 396 g/mol. The van der Waals surface area contributed by atoms with E-state index in [1.165, 1.54) is 0 Å². The summed E-state index contributed by atoms with van der Waals surface area (Å²) in [5.74, 6) is 1.65. The number of hydrogen-bond acceptors (Lipinski definition) is 3. The van der Waals surface area contributed by atoms with Crippen LogP contribution in [0.25, 0.3) is 0 Å². The van der Waals surface area contributed by atoms with E-state index in [-0.39, 0.29) is 0 Å². The number of unbranched alkanes of at least 4 members (excludes halogenated alkanes) is 1. The maximum absolute atomic E-state index is 6.35. The zero-order valence-electron chi connectivity index (χ0n) is 21.0. The molecule has 0 aliphatic carbocycles. The Balaban J connectivity index is 2.29. The molecule has 32 heavy (non-hydrogen) atoms. The molecule has 2 rings (SSSR count). The van der Waals surface area contributed by atoms with Gasteiger partial charge in [-0.15, -0.1) is 6.58 Å². The third-order valence-corrected chi connectivity index (χ3v) is 5.62. The fourth-order valence-corrected chi connectivity index (χ4v) is 3.54. The quantitative estimate of drug-likeness (QED) is 0.148. The Morgan fingerprint density at radius 1 is 1.16 bits per heavy atom. The van der Waals surface area contributed by atoms with Crippen molar-refractivity contribution in [3.8, 4) is 11.5 Å². The van der Waals surface area contributed by atoms with E-state index in [2.05, 4.69) is 82.3 Å². The zero-order chi connectivity index (χ0) is 23.7. The number of ether oxygens (including phenoxy) is 2. The van der Waals surface area contributed by atoms with Crippen molar-refractivity contribution in [3.63, 3.8) is 0 Å². The van der Waals surface area contributed by atoms with E-state index in [0.29, 0.717) is 0 Å². The summed E-state index contributed by atoms with van der Waals surface area (Å²) >= 11 is 0. The van der Waals surface area contributed by atoms with Crippen LogP contribution in [0.1, 0.15) is 63.6 Å². The molecule has 0 saturated heterocycles. The van der Waals surface area contributed by atoms with Gasteiger partial charge in [0.1, 0.15) is 11.5 Å². The molecule has 0 aliphatic heterocycles. The van der Waals surface area contributed by atoms with Crippen molar-refractivity contribution < 1.29 is 9.47 Å². The number of aliphatic imine (C=N–C) groups is 1. The van der Waals surface area contributed by atoms with Gasteiger partial charge in [-0.3, -0.25) is 0 Å². The van der Waals surface area contributed by atoms with E-state index < -0.39 is 5.60 Å². The Morgan fingerprint density at radius 3 is 2.56 bits per heavy atom. The van der Waals surface area contributed by atoms with Crippen molar-refractivity contribution in [2.75, 3.05) is 20.2 Å². The molecule has 0 aliphatic rings. The molecule has 174 valence electrons. The van der Waals surface area contributed by atoms with Crippen LogP contribution in [0.15, 0.2) is 53.5 Å². The van der Waals surface area contributed by atoms with Gasteiger partial charge in [-0.05, 0) is 82.0 Å². The monoisotopic (exact) mass is 436 g/mol. The van der Waals surface area contributed by atoms with E-state index >= 15 is 0 Å². The summed E-state index contributed by atoms with van der Waals surface area (Å²) in [6.07, 6.45) is 4.80. The molecule has 1 unspecified atom stereocenters. The number of benzene rings is 2. The SMILES string of the molecule is C=C(C)CC(C)(OCCCC)c1cccc(Oc2cc(C)c(N=CN(C)CC)cc2C)c1. The predicted molar refractivity (Wildman–Crippen MR) is 137 cm³/mol. The van der Waals surface area contributed by atoms with E-state index in [4.69, 9.17) is 9.47 Å². The van der Waals surface area contributed by atoms with Gasteiger partial charge in [0.15, 0.2) is 0 Å². The minimum atomic E-state index is -0.421. The molecule has 0 heterocycles. The Hall–Kier alpha value is -2.59. The van der Waals surface area contributed by atoms with E-state index in [9.17, 15) is 0 Å². The van der Waals surface area contributed by atoms with Gasteiger partial charge >= 0.3 is 0 Å². The van der Waals surface area contributed by atoms with E-state index in [1.54, 1.807) is 0 Å². The average molecular weight is 437 g/mol. The van der Waals surface area contributed by atoms with Crippen LogP contribution < -0.4 is 4.74 Å². The lowest BCUT2D eigenvalue weighted by Crippen LogP contribution is -2.27. The van der Waals surface area contributed by atoms with Gasteiger partial charge in [0.2, 0.25) is 0 Å². The number of aryl methyl sites for hydroxylation is 2. The smallest absolute Gasteiger partial charge is 0.130 e. The highest BCUT2D eigenvalue weighted by Gasteiger charge is 2.28. The first-order valence-electron chi connectivity index (χ1n) is 11.6. The van der Waals surface area contributed by atoms with E-state index in [0.717, 1.165) is 71.9 Å². The third-order valence-electron chi connectivity index (χ3n) is 5.62. The van der Waals surface area contributed by atoms with Crippen molar-refractivity contribution in [3.05, 3.63) is 65.2 Å². The first kappa shape index (κ1) is 25.7. The minimum Gasteiger partial charge on any atom is -0.457 e. The normalized spacial score (nSPS) is 13.2. The Labute approximate surface area is 195 Å². The summed E-state index contributed by atoms with van der Waals surface area (Å²) in [7, 11) is 2.02. The standard InChI is InChI=1S/C28H40N2O2/c1-9-11-15-31-28(7,19-21(3)4)24-13-12-14-25(18-24)32-27-17-22(5)26(16-23(27)6)29-20-30(8)10-2/h12-14,16-18,20H,3,9-11,15,19H2,1-2,4-8H3. The maximum atomic E-state index is 6.35. The third kappa shape index (κ3) is 7.23. The predicted octanol–water partition coefficient (Wildman–Crippen LogP) is 7.71. The second-order valence-electron chi connectivity index (χ2n) is 8.92. The van der Waals surface area contributed by atoms with Gasteiger partial charge < -0.3 is 14.4 Å². The summed E-state index contributed by atoms with van der Waals surface area (Å²) in [6, 6.07) is 12.4. The molecule has 4 heteroatoms. The fraction of sp³-hybridized carbons (Fsp3) is 0.464. The van der Waals surface area contributed by atoms with Gasteiger partial charge in [-0.1, -0.05) is 31.1 Å². The maximum Gasteiger partial charge on any atom is 0.130 e. The second kappa shape index (κ2) is 11.9. The summed E-state index contributed by atoms with van der Waals surface area (Å²) in [5, 5.41) is 0. The molecule has 0 N–H and O–H groups in total. The molecule has 0 aromatic heterocycles. The summed E-state index contributed by atoms with van der Waals surface area (Å²) in [5.41, 5.74) is 4.88. The van der Waals surface area contributed by atoms with Crippen LogP contribution >= 0.6 is 0 Å². The lowest BCUT2D eigenvalue weighted by atomic mass is 9.89. The van der Waals surface area contributed by atoms with Crippen LogP contribution in [0.2, 0.25) is 0 Å². The van der Waals surface area contributed by atoms with Crippen molar-refractivity contribution in [1.29, 1.82) is 0 Å². The molecule has 0 fully saturated rings. The number of hydrogen-bond donors (Lipinski definition) is 0. The van der Waals surface area contributed by atoms with Crippen LogP contribution in [-0.4, -0.2) is 31.4 Å². The van der Waals surface area contributed by atoms with Gasteiger partial charge in [-0.25, -0.2) is 4.99 Å². The summed E-state index contributed by atoms with van der Waals surface area (Å²) < 4.78 is 12.7. The average Bonchev–Trinajstić information content (AvgIpc) is 2.74. The second-order valence-corrected chi connectivity index (χ2v) is 8.92.